The Hall–Kier alpha value is -8.31. The van der Waals surface area contributed by atoms with Crippen molar-refractivity contribution in [2.24, 2.45) is 34.3 Å². The Kier molecular flexibility index (Phi) is 29.2. The van der Waals surface area contributed by atoms with Crippen LogP contribution in [0.4, 0.5) is 29.7 Å². The lowest BCUT2D eigenvalue weighted by Crippen LogP contribution is -2.71. The Morgan fingerprint density at radius 3 is 2.13 bits per heavy atom. The molecule has 1 heterocycles. The molecule has 9 N–H and O–H groups in total. The number of nitrogens with zero attached hydrogens (tertiary/aromatic N) is 1. The Morgan fingerprint density at radius 2 is 1.46 bits per heavy atom. The number of hydrogen-bond donors (Lipinski definition) is 8. The number of nitrogens with one attached hydrogen (secondary N) is 6. The molecular weight excluding hydrogens is 1330 g/mol. The number of nitrogens with two attached hydrogens (primary N) is 1. The van der Waals surface area contributed by atoms with E-state index < -0.39 is 125 Å². The highest BCUT2D eigenvalue weighted by Crippen LogP contribution is 2.72. The predicted molar refractivity (Wildman–Crippen MR) is 379 cm³/mol. The van der Waals surface area contributed by atoms with Crippen molar-refractivity contribution in [2.45, 2.75) is 173 Å². The van der Waals surface area contributed by atoms with Gasteiger partial charge >= 0.3 is 12.1 Å². The van der Waals surface area contributed by atoms with E-state index >= 15 is 8.78 Å². The number of carbonyl (C=O) groups excluding carboxylic acids is 9. The molecule has 3 aromatic rings. The van der Waals surface area contributed by atoms with E-state index in [1.54, 1.807) is 56.0 Å². The van der Waals surface area contributed by atoms with Crippen LogP contribution in [0.2, 0.25) is 0 Å². The fourth-order valence-corrected chi connectivity index (χ4v) is 15.2. The molecule has 1 saturated heterocycles. The number of amides is 8. The number of benzene rings is 3. The van der Waals surface area contributed by atoms with E-state index in [4.69, 9.17) is 38.9 Å². The molecule has 3 aromatic carbocycles. The quantitative estimate of drug-likeness (QED) is 0.0256. The molecule has 4 fully saturated rings. The highest BCUT2D eigenvalue weighted by atomic mass is 19.1. The lowest BCUT2D eigenvalue weighted by molar-refractivity contribution is -0.233. The van der Waals surface area contributed by atoms with Crippen molar-refractivity contribution in [3.63, 3.8) is 0 Å². The van der Waals surface area contributed by atoms with E-state index in [2.05, 4.69) is 51.5 Å². The van der Waals surface area contributed by atoms with Crippen LogP contribution in [0.25, 0.3) is 6.08 Å². The summed E-state index contributed by atoms with van der Waals surface area (Å²) in [6, 6.07) is 18.9. The number of halogens is 2. The van der Waals surface area contributed by atoms with E-state index in [0.717, 1.165) is 34.9 Å². The molecule has 0 radical (unpaired) electrons. The van der Waals surface area contributed by atoms with Crippen LogP contribution in [0, 0.1) is 28.6 Å². The Morgan fingerprint density at radius 1 is 0.786 bits per heavy atom. The van der Waals surface area contributed by atoms with Gasteiger partial charge in [0.05, 0.1) is 83.8 Å². The van der Waals surface area contributed by atoms with Crippen LogP contribution < -0.4 is 42.5 Å². The summed E-state index contributed by atoms with van der Waals surface area (Å²) in [7, 11) is 0. The van der Waals surface area contributed by atoms with Gasteiger partial charge in [0, 0.05) is 54.8 Å². The number of rotatable bonds is 40. The van der Waals surface area contributed by atoms with Crippen LogP contribution in [0.15, 0.2) is 103 Å². The summed E-state index contributed by atoms with van der Waals surface area (Å²) in [6.45, 7) is 16.4. The van der Waals surface area contributed by atoms with Gasteiger partial charge in [0.25, 0.3) is 0 Å². The number of urea groups is 1. The number of alkyl halides is 2. The summed E-state index contributed by atoms with van der Waals surface area (Å²) < 4.78 is 74.9. The molecule has 4 aliphatic carbocycles. The van der Waals surface area contributed by atoms with E-state index in [-0.39, 0.29) is 128 Å². The van der Waals surface area contributed by atoms with Gasteiger partial charge in [-0.2, -0.15) is 0 Å². The average Bonchev–Trinajstić information content (AvgIpc) is 1.57. The van der Waals surface area contributed by atoms with Crippen molar-refractivity contribution >= 4 is 70.7 Å². The maximum absolute atomic E-state index is 18.0. The number of carbonyl (C=O) groups is 9. The predicted octanol–water partition coefficient (Wildman–Crippen LogP) is 7.50. The highest BCUT2D eigenvalue weighted by Gasteiger charge is 2.80. The molecule has 25 nitrogen and oxygen atoms in total. The monoisotopic (exact) mass is 1440 g/mol. The fourth-order valence-electron chi connectivity index (χ4n) is 15.2. The number of anilines is 2. The van der Waals surface area contributed by atoms with Crippen molar-refractivity contribution in [3.8, 4) is 0 Å². The molecule has 5 aliphatic rings. The maximum atomic E-state index is 18.0. The zero-order valence-electron chi connectivity index (χ0n) is 59.9. The number of allylic oxidation sites excluding steroid dienone is 4. The molecule has 0 spiro atoms. The second-order valence-corrected chi connectivity index (χ2v) is 27.5. The molecule has 1 unspecified atom stereocenters. The molecule has 103 heavy (non-hydrogen) atoms. The second-order valence-electron chi connectivity index (χ2n) is 27.5. The van der Waals surface area contributed by atoms with Crippen LogP contribution in [-0.4, -0.2) is 179 Å². The number of ether oxygens (including phenoxy) is 7. The standard InChI is InChI=1S/C76H102F2N8O17/c1-8-16-67-102-63-43-55-56-42-58(77)57-41-54(87)28-30-73(57,6)75(56,78)61(88)44-74(55,7)76(63,103-67)62(89)45-82-72(96)101-47-49-22-24-53(25-23-49)83-69(93)59(20-15-31-81-71(79)95)84-70(94)68(48(4)5)85-65(91)29-33-97-35-37-99-39-40-100-38-36-98-34-32-80-64(90)26-27-66(92)86(60-21-14-13-18-51(60)10-3)46-52-19-12-11-17-50(52)9-2/h10-14,17-19,21-25,28,30,41,48,55-56,58-59,61,63,67-68,88H,3,8-9,15-16,20,26-27,29,31-40,42-47H2,1-2,4-7H3,(H,80,90)(H,82,96)(H,83,93)(H,84,94)(H,85,91)(H3,79,81,95)/t55-,56-,58-,59-,61-,63+,67?,68-,73-,74-,75-,76+/m0/s1. The summed E-state index contributed by atoms with van der Waals surface area (Å²) >= 11 is 0. The summed E-state index contributed by atoms with van der Waals surface area (Å²) in [5.41, 5.74) is 2.76. The lowest BCUT2D eigenvalue weighted by Gasteiger charge is -2.63. The normalized spacial score (nSPS) is 25.0. The first-order chi connectivity index (χ1) is 49.3. The van der Waals surface area contributed by atoms with Crippen molar-refractivity contribution in [2.75, 3.05) is 82.7 Å². The van der Waals surface area contributed by atoms with Crippen molar-refractivity contribution in [1.29, 1.82) is 0 Å². The number of aliphatic hydroxyl groups is 1. The number of primary amides is 1. The van der Waals surface area contributed by atoms with Gasteiger partial charge in [-0.15, -0.1) is 0 Å². The number of ketones is 2. The SMILES string of the molecule is C=Cc1ccccc1N(Cc1ccccc1CC)C(=O)CCC(=O)NCCOCCOCCOCCOCCC(=O)N[C@H](C(=O)N[C@@H](CCCNC(N)=O)C(=O)Nc1ccc(COC(=O)NCC(=O)[C@@]23OC(CCC)O[C@@H]2C[C@H]2[C@@H]4C[C@H](F)C5=CC(=O)C=C[C@]5(C)[C@@]4(F)[C@@H](O)C[C@@]23C)cc1)C(C)C. The van der Waals surface area contributed by atoms with Crippen LogP contribution in [0.1, 0.15) is 128 Å². The van der Waals surface area contributed by atoms with Gasteiger partial charge in [0.2, 0.25) is 29.5 Å². The molecule has 12 atom stereocenters. The van der Waals surface area contributed by atoms with E-state index in [1.165, 1.54) is 19.1 Å². The zero-order chi connectivity index (χ0) is 74.5. The van der Waals surface area contributed by atoms with Gasteiger partial charge in [-0.05, 0) is 122 Å². The van der Waals surface area contributed by atoms with Crippen molar-refractivity contribution in [1.82, 2.24) is 26.6 Å². The van der Waals surface area contributed by atoms with Gasteiger partial charge in [-0.3, -0.25) is 33.6 Å². The first-order valence-electron chi connectivity index (χ1n) is 35.8. The largest absolute Gasteiger partial charge is 0.445 e. The molecule has 3 saturated carbocycles. The number of aliphatic hydroxyl groups excluding tert-OH is 1. The minimum Gasteiger partial charge on any atom is -0.445 e. The first-order valence-corrected chi connectivity index (χ1v) is 35.8. The first kappa shape index (κ1) is 80.4. The molecule has 8 amide bonds. The Bertz CT molecular complexity index is 3540. The van der Waals surface area contributed by atoms with Crippen LogP contribution in [0.5, 0.6) is 0 Å². The van der Waals surface area contributed by atoms with Crippen LogP contribution >= 0.6 is 0 Å². The van der Waals surface area contributed by atoms with E-state index in [1.807, 2.05) is 49.4 Å². The summed E-state index contributed by atoms with van der Waals surface area (Å²) in [6.07, 6.45) is 1.09. The van der Waals surface area contributed by atoms with Gasteiger partial charge in [-0.1, -0.05) is 114 Å². The summed E-state index contributed by atoms with van der Waals surface area (Å²) in [5.74, 6) is -5.36. The minimum atomic E-state index is -2.39. The van der Waals surface area contributed by atoms with Crippen molar-refractivity contribution < 1.29 is 90.2 Å². The van der Waals surface area contributed by atoms with Gasteiger partial charge in [0.15, 0.2) is 29.1 Å². The smallest absolute Gasteiger partial charge is 0.407 e. The molecule has 0 aromatic heterocycles. The van der Waals surface area contributed by atoms with Gasteiger partial charge in [0.1, 0.15) is 24.9 Å². The number of fused-ring (bicyclic) bond motifs is 7. The number of Topliss-reactive ketones (excluding diaryl/α,β-unsaturated/α-hetero) is 1. The molecule has 8 rings (SSSR count). The Balaban J connectivity index is 0.705. The molecule has 27 heteroatoms. The van der Waals surface area contributed by atoms with Gasteiger partial charge < -0.3 is 80.8 Å². The highest BCUT2D eigenvalue weighted by molar-refractivity contribution is 6.02. The topological polar surface area (TPSA) is 340 Å². The summed E-state index contributed by atoms with van der Waals surface area (Å²) in [4.78, 5) is 121. The van der Waals surface area contributed by atoms with Gasteiger partial charge in [-0.25, -0.2) is 18.4 Å². The molecule has 562 valence electrons. The third kappa shape index (κ3) is 19.6. The van der Waals surface area contributed by atoms with Crippen LogP contribution in [-0.2, 0) is 86.3 Å². The lowest BCUT2D eigenvalue weighted by atomic mass is 9.44. The number of hydrogen-bond acceptors (Lipinski definition) is 17. The maximum Gasteiger partial charge on any atom is 0.407 e. The molecule has 1 aliphatic heterocycles. The summed E-state index contributed by atoms with van der Waals surface area (Å²) in [5, 5.41) is 28.0. The zero-order valence-corrected chi connectivity index (χ0v) is 59.9. The minimum absolute atomic E-state index is 0.0191. The number of para-hydroxylation sites is 1. The van der Waals surface area contributed by atoms with Crippen LogP contribution in [0.3, 0.4) is 0 Å². The third-order valence-electron chi connectivity index (χ3n) is 20.5. The van der Waals surface area contributed by atoms with E-state index in [0.29, 0.717) is 43.9 Å². The average molecular weight is 1440 g/mol. The van der Waals surface area contributed by atoms with Crippen molar-refractivity contribution in [3.05, 3.63) is 125 Å². The molecular formula is C76H102F2N8O17. The second kappa shape index (κ2) is 37.4. The molecule has 0 bridgehead atoms. The number of alkyl carbamates (subject to hydrolysis) is 1. The fraction of sp³-hybridized carbons (Fsp3) is 0.566. The number of aryl methyl sites for hydroxylation is 1. The third-order valence-corrected chi connectivity index (χ3v) is 20.5. The Labute approximate surface area is 600 Å². The van der Waals surface area contributed by atoms with E-state index in [9.17, 15) is 48.3 Å².